The summed E-state index contributed by atoms with van der Waals surface area (Å²) in [6.07, 6.45) is 3.55. The largest absolute Gasteiger partial charge is 0.265 e. The minimum absolute atomic E-state index is 0.696. The van der Waals surface area contributed by atoms with Gasteiger partial charge in [-0.25, -0.2) is 9.97 Å². The van der Waals surface area contributed by atoms with E-state index in [1.54, 1.807) is 12.4 Å². The first-order valence-electron chi connectivity index (χ1n) is 10.6. The summed E-state index contributed by atoms with van der Waals surface area (Å²) in [5, 5.41) is 4.83. The van der Waals surface area contributed by atoms with Crippen molar-refractivity contribution in [1.82, 2.24) is 15.0 Å². The molecule has 4 aromatic carbocycles. The van der Waals surface area contributed by atoms with Gasteiger partial charge < -0.3 is 0 Å². The molecule has 0 fully saturated rings. The van der Waals surface area contributed by atoms with Crippen LogP contribution in [0.2, 0.25) is 0 Å². The number of benzene rings is 4. The Hall–Kier alpha value is -4.37. The smallest absolute Gasteiger partial charge is 0.160 e. The van der Waals surface area contributed by atoms with Gasteiger partial charge in [0.2, 0.25) is 0 Å². The summed E-state index contributed by atoms with van der Waals surface area (Å²) < 4.78 is 0. The zero-order valence-corrected chi connectivity index (χ0v) is 17.3. The molecule has 0 unspecified atom stereocenters. The minimum Gasteiger partial charge on any atom is -0.265 e. The Morgan fingerprint density at radius 1 is 0.406 bits per heavy atom. The second kappa shape index (κ2) is 7.71. The normalized spacial score (nSPS) is 11.1. The van der Waals surface area contributed by atoms with Gasteiger partial charge in [0.05, 0.1) is 11.4 Å². The number of hydrogen-bond acceptors (Lipinski definition) is 3. The molecule has 0 aliphatic heterocycles. The second-order valence-corrected chi connectivity index (χ2v) is 7.82. The van der Waals surface area contributed by atoms with Gasteiger partial charge in [-0.3, -0.25) is 4.98 Å². The highest BCUT2D eigenvalue weighted by Crippen LogP contribution is 2.30. The fourth-order valence-corrected chi connectivity index (χ4v) is 4.07. The van der Waals surface area contributed by atoms with Crippen molar-refractivity contribution in [1.29, 1.82) is 0 Å². The molecular weight excluding hydrogens is 390 g/mol. The third-order valence-corrected chi connectivity index (χ3v) is 5.76. The molecule has 0 spiro atoms. The highest BCUT2D eigenvalue weighted by molar-refractivity contribution is 5.89. The molecule has 0 saturated carbocycles. The van der Waals surface area contributed by atoms with E-state index in [9.17, 15) is 0 Å². The average Bonchev–Trinajstić information content (AvgIpc) is 2.88. The maximum atomic E-state index is 4.93. The molecule has 0 radical (unpaired) electrons. The molecule has 0 aliphatic carbocycles. The number of hydrogen-bond donors (Lipinski definition) is 0. The molecule has 0 amide bonds. The highest BCUT2D eigenvalue weighted by atomic mass is 14.9. The van der Waals surface area contributed by atoms with Crippen LogP contribution in [0.25, 0.3) is 55.4 Å². The van der Waals surface area contributed by atoms with Crippen LogP contribution in [0.4, 0.5) is 0 Å². The molecule has 2 aromatic heterocycles. The van der Waals surface area contributed by atoms with Crippen LogP contribution in [0, 0.1) is 0 Å². The zero-order chi connectivity index (χ0) is 21.3. The Balaban J connectivity index is 1.56. The van der Waals surface area contributed by atoms with Crippen LogP contribution in [0.1, 0.15) is 0 Å². The number of pyridine rings is 1. The molecule has 0 aliphatic rings. The SMILES string of the molecule is c1ccc2cc(-c3cc(-c4ccc5ccccc5c4)nc(-c4ccncc4)n3)ccc2c1. The molecule has 6 rings (SSSR count). The summed E-state index contributed by atoms with van der Waals surface area (Å²) in [5.41, 5.74) is 4.90. The van der Waals surface area contributed by atoms with E-state index in [0.29, 0.717) is 5.82 Å². The van der Waals surface area contributed by atoms with E-state index >= 15 is 0 Å². The Morgan fingerprint density at radius 3 is 1.44 bits per heavy atom. The predicted molar refractivity (Wildman–Crippen MR) is 131 cm³/mol. The van der Waals surface area contributed by atoms with Gasteiger partial charge in [0.1, 0.15) is 0 Å². The Kier molecular flexibility index (Phi) is 4.43. The Morgan fingerprint density at radius 2 is 0.906 bits per heavy atom. The van der Waals surface area contributed by atoms with Gasteiger partial charge in [0.25, 0.3) is 0 Å². The fourth-order valence-electron chi connectivity index (χ4n) is 4.07. The van der Waals surface area contributed by atoms with Crippen LogP contribution in [-0.2, 0) is 0 Å². The van der Waals surface area contributed by atoms with Crippen molar-refractivity contribution in [3.05, 3.63) is 116 Å². The molecule has 0 atom stereocenters. The molecule has 0 bridgehead atoms. The lowest BCUT2D eigenvalue weighted by Gasteiger charge is -2.10. The van der Waals surface area contributed by atoms with Crippen molar-refractivity contribution in [2.24, 2.45) is 0 Å². The summed E-state index contributed by atoms with van der Waals surface area (Å²) in [6.45, 7) is 0. The van der Waals surface area contributed by atoms with Gasteiger partial charge in [-0.15, -0.1) is 0 Å². The molecule has 6 aromatic rings. The quantitative estimate of drug-likeness (QED) is 0.311. The lowest BCUT2D eigenvalue weighted by atomic mass is 10.0. The fraction of sp³-hybridized carbons (Fsp3) is 0. The Bertz CT molecular complexity index is 1480. The number of fused-ring (bicyclic) bond motifs is 2. The number of nitrogens with zero attached hydrogens (tertiary/aromatic N) is 3. The van der Waals surface area contributed by atoms with E-state index in [0.717, 1.165) is 28.1 Å². The summed E-state index contributed by atoms with van der Waals surface area (Å²) in [6, 6.07) is 35.7. The topological polar surface area (TPSA) is 38.7 Å². The molecule has 0 saturated heterocycles. The van der Waals surface area contributed by atoms with E-state index in [-0.39, 0.29) is 0 Å². The van der Waals surface area contributed by atoms with E-state index in [4.69, 9.17) is 9.97 Å². The van der Waals surface area contributed by atoms with Crippen molar-refractivity contribution in [2.45, 2.75) is 0 Å². The van der Waals surface area contributed by atoms with Crippen LogP contribution in [0.15, 0.2) is 116 Å². The first kappa shape index (κ1) is 18.4. The van der Waals surface area contributed by atoms with E-state index < -0.39 is 0 Å². The summed E-state index contributed by atoms with van der Waals surface area (Å²) in [5.74, 6) is 0.696. The molecule has 3 nitrogen and oxygen atoms in total. The van der Waals surface area contributed by atoms with Gasteiger partial charge >= 0.3 is 0 Å². The van der Waals surface area contributed by atoms with Crippen LogP contribution in [0.3, 0.4) is 0 Å². The molecule has 32 heavy (non-hydrogen) atoms. The molecule has 150 valence electrons. The van der Waals surface area contributed by atoms with Crippen molar-refractivity contribution in [3.63, 3.8) is 0 Å². The minimum atomic E-state index is 0.696. The highest BCUT2D eigenvalue weighted by Gasteiger charge is 2.11. The van der Waals surface area contributed by atoms with Gasteiger partial charge in [-0.05, 0) is 51.9 Å². The van der Waals surface area contributed by atoms with Crippen LogP contribution in [-0.4, -0.2) is 15.0 Å². The van der Waals surface area contributed by atoms with Gasteiger partial charge in [-0.1, -0.05) is 72.8 Å². The van der Waals surface area contributed by atoms with E-state index in [1.165, 1.54) is 21.5 Å². The maximum absolute atomic E-state index is 4.93. The van der Waals surface area contributed by atoms with E-state index in [2.05, 4.69) is 96.0 Å². The van der Waals surface area contributed by atoms with Gasteiger partial charge in [0.15, 0.2) is 5.82 Å². The second-order valence-electron chi connectivity index (χ2n) is 7.82. The number of aromatic nitrogens is 3. The standard InChI is InChI=1S/C29H19N3/c1-3-7-23-17-25(11-9-20(23)5-1)27-19-28(32-29(31-27)22-13-15-30-16-14-22)26-12-10-21-6-2-4-8-24(21)18-26/h1-19H. The third-order valence-electron chi connectivity index (χ3n) is 5.76. The first-order valence-corrected chi connectivity index (χ1v) is 10.6. The maximum Gasteiger partial charge on any atom is 0.160 e. The van der Waals surface area contributed by atoms with Crippen LogP contribution >= 0.6 is 0 Å². The van der Waals surface area contributed by atoms with Crippen molar-refractivity contribution < 1.29 is 0 Å². The van der Waals surface area contributed by atoms with E-state index in [1.807, 2.05) is 12.1 Å². The van der Waals surface area contributed by atoms with Crippen molar-refractivity contribution in [2.75, 3.05) is 0 Å². The molecule has 0 N–H and O–H groups in total. The lowest BCUT2D eigenvalue weighted by Crippen LogP contribution is -1.96. The number of rotatable bonds is 3. The summed E-state index contributed by atoms with van der Waals surface area (Å²) >= 11 is 0. The summed E-state index contributed by atoms with van der Waals surface area (Å²) in [7, 11) is 0. The third kappa shape index (κ3) is 3.40. The van der Waals surface area contributed by atoms with Gasteiger partial charge in [-0.2, -0.15) is 0 Å². The van der Waals surface area contributed by atoms with Crippen LogP contribution in [0.5, 0.6) is 0 Å². The lowest BCUT2D eigenvalue weighted by molar-refractivity contribution is 1.18. The average molecular weight is 409 g/mol. The zero-order valence-electron chi connectivity index (χ0n) is 17.3. The van der Waals surface area contributed by atoms with Crippen LogP contribution < -0.4 is 0 Å². The molecule has 3 heteroatoms. The first-order chi connectivity index (χ1) is 15.8. The molecular formula is C29H19N3. The van der Waals surface area contributed by atoms with Gasteiger partial charge in [0, 0.05) is 29.1 Å². The van der Waals surface area contributed by atoms with Crippen molar-refractivity contribution in [3.8, 4) is 33.9 Å². The molecule has 2 heterocycles. The predicted octanol–water partition coefficient (Wildman–Crippen LogP) is 7.18. The summed E-state index contributed by atoms with van der Waals surface area (Å²) in [4.78, 5) is 14.0. The van der Waals surface area contributed by atoms with Crippen molar-refractivity contribution >= 4 is 21.5 Å². The monoisotopic (exact) mass is 409 g/mol. The Labute approximate surface area is 186 Å².